The molecule has 0 saturated carbocycles. The van der Waals surface area contributed by atoms with Crippen LogP contribution in [0.3, 0.4) is 0 Å². The lowest BCUT2D eigenvalue weighted by molar-refractivity contribution is 0.656. The van der Waals surface area contributed by atoms with Gasteiger partial charge in [-0.25, -0.2) is 0 Å². The number of hydrogen-bond acceptors (Lipinski definition) is 4. The van der Waals surface area contributed by atoms with E-state index in [2.05, 4.69) is 269 Å². The summed E-state index contributed by atoms with van der Waals surface area (Å²) in [6, 6.07) is 82.8. The van der Waals surface area contributed by atoms with Gasteiger partial charge in [-0.15, -0.1) is 0 Å². The molecule has 17 aromatic rings. The third-order valence-corrected chi connectivity index (χ3v) is 18.5. The van der Waals surface area contributed by atoms with Gasteiger partial charge in [0.1, 0.15) is 22.3 Å². The Morgan fingerprint density at radius 3 is 1.60 bits per heavy atom. The van der Waals surface area contributed by atoms with Crippen molar-refractivity contribution in [3.8, 4) is 5.69 Å². The van der Waals surface area contributed by atoms with Crippen molar-refractivity contribution in [2.24, 2.45) is 0 Å². The number of aromatic nitrogens is 2. The molecule has 1 atom stereocenters. The number of rotatable bonds is 6. The molecule has 1 aliphatic carbocycles. The highest BCUT2D eigenvalue weighted by Gasteiger charge is 2.35. The Morgan fingerprint density at radius 1 is 0.390 bits per heavy atom. The number of aryl methyl sites for hydroxylation is 2. The molecule has 6 nitrogen and oxygen atoms in total. The molecule has 0 amide bonds. The smallest absolute Gasteiger partial charge is 0.139 e. The first kappa shape index (κ1) is 44.3. The van der Waals surface area contributed by atoms with Crippen molar-refractivity contribution < 1.29 is 8.83 Å². The van der Waals surface area contributed by atoms with Gasteiger partial charge in [-0.1, -0.05) is 115 Å². The number of furan rings is 2. The van der Waals surface area contributed by atoms with E-state index in [9.17, 15) is 0 Å². The van der Waals surface area contributed by atoms with Crippen molar-refractivity contribution in [2.75, 3.05) is 9.80 Å². The van der Waals surface area contributed by atoms with Gasteiger partial charge in [-0.05, 0) is 174 Å². The Balaban J connectivity index is 0.705. The zero-order valence-corrected chi connectivity index (χ0v) is 44.9. The van der Waals surface area contributed by atoms with E-state index >= 15 is 0 Å². The lowest BCUT2D eigenvalue weighted by atomic mass is 9.87. The van der Waals surface area contributed by atoms with E-state index in [-0.39, 0.29) is 0 Å². The Hall–Kier alpha value is -10.6. The number of hydrogen-bond donors (Lipinski definition) is 0. The van der Waals surface area contributed by atoms with Gasteiger partial charge < -0.3 is 27.6 Å². The van der Waals surface area contributed by atoms with E-state index in [0.717, 1.165) is 106 Å². The maximum atomic E-state index is 6.80. The van der Waals surface area contributed by atoms with Crippen LogP contribution in [0.25, 0.3) is 126 Å². The summed E-state index contributed by atoms with van der Waals surface area (Å²) in [6.45, 7) is 4.40. The number of anilines is 6. The Labute approximate surface area is 470 Å². The molecular formula is C76H48N4O2. The molecule has 2 aliphatic rings. The maximum Gasteiger partial charge on any atom is 0.139 e. The minimum atomic E-state index is 0.383. The minimum Gasteiger partial charge on any atom is -0.456 e. The summed E-state index contributed by atoms with van der Waals surface area (Å²) in [5.41, 5.74) is 22.9. The van der Waals surface area contributed by atoms with E-state index in [1.54, 1.807) is 0 Å². The number of fused-ring (bicyclic) bond motifs is 20. The van der Waals surface area contributed by atoms with E-state index in [0.29, 0.717) is 5.92 Å². The second-order valence-corrected chi connectivity index (χ2v) is 22.9. The second kappa shape index (κ2) is 16.1. The molecule has 0 radical (unpaired) electrons. The summed E-state index contributed by atoms with van der Waals surface area (Å²) in [6.07, 6.45) is 5.74. The van der Waals surface area contributed by atoms with Crippen molar-refractivity contribution in [3.63, 3.8) is 0 Å². The lowest BCUT2D eigenvalue weighted by Crippen LogP contribution is -2.11. The van der Waals surface area contributed by atoms with Gasteiger partial charge in [0.15, 0.2) is 0 Å². The van der Waals surface area contributed by atoms with Crippen LogP contribution < -0.4 is 9.80 Å². The predicted octanol–water partition coefficient (Wildman–Crippen LogP) is 21.3. The molecule has 1 aliphatic heterocycles. The Morgan fingerprint density at radius 2 is 0.915 bits per heavy atom. The van der Waals surface area contributed by atoms with Gasteiger partial charge in [0.25, 0.3) is 0 Å². The van der Waals surface area contributed by atoms with Crippen LogP contribution in [-0.4, -0.2) is 8.97 Å². The van der Waals surface area contributed by atoms with Gasteiger partial charge >= 0.3 is 0 Å². The fourth-order valence-electron chi connectivity index (χ4n) is 14.8. The van der Waals surface area contributed by atoms with Crippen LogP contribution in [-0.2, 0) is 0 Å². The van der Waals surface area contributed by atoms with Crippen molar-refractivity contribution >= 4 is 155 Å². The van der Waals surface area contributed by atoms with Crippen molar-refractivity contribution in [1.82, 2.24) is 8.97 Å². The molecule has 6 heteroatoms. The molecule has 5 aromatic heterocycles. The van der Waals surface area contributed by atoms with Crippen molar-refractivity contribution in [2.45, 2.75) is 26.2 Å². The number of allylic oxidation sites excluding steroid dienone is 1. The first-order valence-electron chi connectivity index (χ1n) is 28.5. The monoisotopic (exact) mass is 1050 g/mol. The summed E-state index contributed by atoms with van der Waals surface area (Å²) >= 11 is 0. The van der Waals surface area contributed by atoms with Gasteiger partial charge in [0, 0.05) is 112 Å². The highest BCUT2D eigenvalue weighted by molar-refractivity contribution is 6.24. The van der Waals surface area contributed by atoms with Gasteiger partial charge in [0.2, 0.25) is 0 Å². The van der Waals surface area contributed by atoms with Crippen LogP contribution in [0.4, 0.5) is 34.1 Å². The average molecular weight is 1050 g/mol. The van der Waals surface area contributed by atoms with Crippen molar-refractivity contribution in [1.29, 1.82) is 0 Å². The molecule has 6 heterocycles. The van der Waals surface area contributed by atoms with Crippen molar-refractivity contribution in [3.05, 3.63) is 258 Å². The summed E-state index contributed by atoms with van der Waals surface area (Å²) in [5.74, 6) is 0.383. The third kappa shape index (κ3) is 5.97. The van der Waals surface area contributed by atoms with Crippen LogP contribution >= 0.6 is 0 Å². The quantitative estimate of drug-likeness (QED) is 0.166. The normalized spacial score (nSPS) is 14.0. The SMILES string of the molecule is Cc1ccccc1N(c1ccc2cc3c(cc2c1)oc1cc2oc4cc5cc(N(c6ccc7c(c6)c6cccc8c9ccccc9n7c86)c6ccccc6C)ccc5cc4c2cc13)c1ccc2c(c1)c1c3n2-c2ccccc2C3CC=C1. The van der Waals surface area contributed by atoms with Crippen LogP contribution in [0.2, 0.25) is 0 Å². The van der Waals surface area contributed by atoms with Gasteiger partial charge in [-0.3, -0.25) is 0 Å². The van der Waals surface area contributed by atoms with Crippen LogP contribution in [0.5, 0.6) is 0 Å². The Bertz CT molecular complexity index is 5690. The molecule has 19 rings (SSSR count). The fourth-order valence-corrected chi connectivity index (χ4v) is 14.8. The Kier molecular flexibility index (Phi) is 8.68. The molecule has 0 bridgehead atoms. The van der Waals surface area contributed by atoms with Gasteiger partial charge in [0.05, 0.1) is 22.1 Å². The van der Waals surface area contributed by atoms with E-state index in [1.165, 1.54) is 82.6 Å². The molecule has 82 heavy (non-hydrogen) atoms. The summed E-state index contributed by atoms with van der Waals surface area (Å²) in [7, 11) is 0. The van der Waals surface area contributed by atoms with E-state index in [4.69, 9.17) is 8.83 Å². The molecule has 0 saturated heterocycles. The zero-order valence-electron chi connectivity index (χ0n) is 44.9. The second-order valence-electron chi connectivity index (χ2n) is 22.9. The van der Waals surface area contributed by atoms with Crippen LogP contribution in [0, 0.1) is 13.8 Å². The topological polar surface area (TPSA) is 42.1 Å². The minimum absolute atomic E-state index is 0.383. The zero-order chi connectivity index (χ0) is 53.6. The first-order valence-corrected chi connectivity index (χ1v) is 28.5. The highest BCUT2D eigenvalue weighted by atomic mass is 16.3. The molecule has 0 N–H and O–H groups in total. The summed E-state index contributed by atoms with van der Waals surface area (Å²) in [4.78, 5) is 4.83. The molecular weight excluding hydrogens is 1000 g/mol. The van der Waals surface area contributed by atoms with Crippen LogP contribution in [0.1, 0.15) is 40.3 Å². The number of para-hydroxylation sites is 5. The molecule has 1 unspecified atom stereocenters. The summed E-state index contributed by atoms with van der Waals surface area (Å²) < 4.78 is 18.5. The van der Waals surface area contributed by atoms with E-state index in [1.807, 2.05) is 0 Å². The van der Waals surface area contributed by atoms with E-state index < -0.39 is 0 Å². The predicted molar refractivity (Wildman–Crippen MR) is 342 cm³/mol. The maximum absolute atomic E-state index is 6.80. The third-order valence-electron chi connectivity index (χ3n) is 18.5. The average Bonchev–Trinajstić information content (AvgIpc) is 2.88. The fraction of sp³-hybridized carbons (Fsp3) is 0.0526. The largest absolute Gasteiger partial charge is 0.456 e. The molecule has 0 spiro atoms. The molecule has 384 valence electrons. The standard InChI is InChI=1S/C76H48N4O2/c1-43-13-3-7-21-65(43)77(51-29-31-69-59(39-51)57-19-11-17-55-53-15-5-9-23-67(53)79(69)75(55)57)49-27-25-45-35-61-63-41-64-62-36-46-26-28-50(34-48(46)38-72(62)82-74(64)42-73(63)81-71(61)37-47(45)33-49)78(66-22-8-4-14-44(66)2)52-30-32-70-60(40-52)58-20-12-18-56-54-16-6-10-24-68(54)80(70)76(56)58/h3-17,19-42,56H,18H2,1-2H3. The first-order chi connectivity index (χ1) is 40.5. The highest BCUT2D eigenvalue weighted by Crippen LogP contribution is 2.51. The lowest BCUT2D eigenvalue weighted by Gasteiger charge is -2.27. The summed E-state index contributed by atoms with van der Waals surface area (Å²) in [5, 5.41) is 15.2. The number of benzene rings is 12. The molecule has 12 aromatic carbocycles. The number of nitrogens with zero attached hydrogens (tertiary/aromatic N) is 4. The molecule has 0 fully saturated rings. The van der Waals surface area contributed by atoms with Crippen LogP contribution in [0.15, 0.2) is 239 Å². The van der Waals surface area contributed by atoms with Gasteiger partial charge in [-0.2, -0.15) is 0 Å².